The molecular weight excluding hydrogens is 312 g/mol. The Kier molecular flexibility index (Phi) is 4.52. The van der Waals surface area contributed by atoms with Crippen LogP contribution >= 0.6 is 0 Å². The Balaban J connectivity index is 0.000000360. The van der Waals surface area contributed by atoms with E-state index in [-0.39, 0.29) is 31.1 Å². The van der Waals surface area contributed by atoms with Crippen LogP contribution in [-0.2, 0) is 0 Å². The van der Waals surface area contributed by atoms with Gasteiger partial charge in [-0.25, -0.2) is 0 Å². The van der Waals surface area contributed by atoms with E-state index in [1.807, 2.05) is 0 Å². The van der Waals surface area contributed by atoms with E-state index < -0.39 is 0 Å². The van der Waals surface area contributed by atoms with Crippen LogP contribution in [0.3, 0.4) is 0 Å². The predicted molar refractivity (Wildman–Crippen MR) is 26.9 cm³/mol. The molecule has 0 bridgehead atoms. The third kappa shape index (κ3) is 2.74. The molecular formula is C5H10NU-. The minimum atomic E-state index is 0. The van der Waals surface area contributed by atoms with Crippen LogP contribution in [0.4, 0.5) is 0 Å². The van der Waals surface area contributed by atoms with Gasteiger partial charge in [-0.3, -0.25) is 0 Å². The van der Waals surface area contributed by atoms with Crippen LogP contribution < -0.4 is 0 Å². The third-order valence-electron chi connectivity index (χ3n) is 1.22. The fourth-order valence-electron chi connectivity index (χ4n) is 0.715. The normalized spacial score (nSPS) is 29.6. The minimum absolute atomic E-state index is 0. The van der Waals surface area contributed by atoms with E-state index in [1.165, 1.54) is 6.42 Å². The summed E-state index contributed by atoms with van der Waals surface area (Å²) < 4.78 is 0. The van der Waals surface area contributed by atoms with Crippen molar-refractivity contribution >= 4 is 0 Å². The standard InChI is InChI=1S/C5H10N.U/c1-5-2-3-6-4-5;/h5H,2-4H2,1H3;/q-1;. The summed E-state index contributed by atoms with van der Waals surface area (Å²) in [6.07, 6.45) is 1.32. The first kappa shape index (κ1) is 8.01. The molecule has 1 heterocycles. The summed E-state index contributed by atoms with van der Waals surface area (Å²) in [5.41, 5.74) is 0. The molecule has 0 N–H and O–H groups in total. The summed E-state index contributed by atoms with van der Waals surface area (Å²) in [4.78, 5) is 0. The van der Waals surface area contributed by atoms with E-state index in [0.29, 0.717) is 0 Å². The first-order valence-corrected chi connectivity index (χ1v) is 2.53. The van der Waals surface area contributed by atoms with Crippen molar-refractivity contribution in [3.63, 3.8) is 0 Å². The van der Waals surface area contributed by atoms with Crippen molar-refractivity contribution in [3.8, 4) is 0 Å². The van der Waals surface area contributed by atoms with Crippen LogP contribution in [0.15, 0.2) is 0 Å². The van der Waals surface area contributed by atoms with E-state index >= 15 is 0 Å². The fraction of sp³-hybridized carbons (Fsp3) is 1.00. The maximum absolute atomic E-state index is 4.16. The number of hydrogen-bond acceptors (Lipinski definition) is 0. The van der Waals surface area contributed by atoms with Crippen LogP contribution in [0.1, 0.15) is 13.3 Å². The molecule has 0 spiro atoms. The Labute approximate surface area is 68.6 Å². The van der Waals surface area contributed by atoms with Gasteiger partial charge in [-0.2, -0.15) is 0 Å². The van der Waals surface area contributed by atoms with Crippen LogP contribution in [-0.4, -0.2) is 13.1 Å². The first-order valence-electron chi connectivity index (χ1n) is 2.53. The van der Waals surface area contributed by atoms with Crippen molar-refractivity contribution in [1.29, 1.82) is 0 Å². The molecule has 1 rings (SSSR count). The van der Waals surface area contributed by atoms with Crippen molar-refractivity contribution in [2.45, 2.75) is 13.3 Å². The van der Waals surface area contributed by atoms with Gasteiger partial charge in [-0.15, -0.1) is 13.1 Å². The SMILES string of the molecule is CC1CC[N-]C1.[U]. The van der Waals surface area contributed by atoms with E-state index in [0.717, 1.165) is 19.0 Å². The average Bonchev–Trinajstić information content (AvgIpc) is 1.86. The monoisotopic (exact) mass is 322 g/mol. The smallest absolute Gasteiger partial charge is 0 e. The van der Waals surface area contributed by atoms with Gasteiger partial charge in [0.05, 0.1) is 0 Å². The molecule has 7 heavy (non-hydrogen) atoms. The van der Waals surface area contributed by atoms with Gasteiger partial charge in [0.15, 0.2) is 0 Å². The van der Waals surface area contributed by atoms with Crippen LogP contribution in [0.2, 0.25) is 0 Å². The molecule has 0 aromatic rings. The van der Waals surface area contributed by atoms with Crippen molar-refractivity contribution < 1.29 is 31.1 Å². The molecule has 2 heteroatoms. The van der Waals surface area contributed by atoms with Crippen LogP contribution in [0.5, 0.6) is 0 Å². The van der Waals surface area contributed by atoms with E-state index in [1.54, 1.807) is 0 Å². The summed E-state index contributed by atoms with van der Waals surface area (Å²) >= 11 is 0. The zero-order valence-electron chi connectivity index (χ0n) is 4.65. The topological polar surface area (TPSA) is 14.1 Å². The zero-order valence-corrected chi connectivity index (χ0v) is 8.81. The molecule has 1 fully saturated rings. The van der Waals surface area contributed by atoms with Gasteiger partial charge in [-0.05, 0) is 0 Å². The van der Waals surface area contributed by atoms with Gasteiger partial charge in [0, 0.05) is 31.1 Å². The van der Waals surface area contributed by atoms with Crippen molar-refractivity contribution in [2.24, 2.45) is 5.92 Å². The largest absolute Gasteiger partial charge is 0.662 e. The van der Waals surface area contributed by atoms with E-state index in [4.69, 9.17) is 0 Å². The quantitative estimate of drug-likeness (QED) is 0.640. The number of nitrogens with zero attached hydrogens (tertiary/aromatic N) is 1. The van der Waals surface area contributed by atoms with Gasteiger partial charge in [0.25, 0.3) is 0 Å². The fourth-order valence-corrected chi connectivity index (χ4v) is 0.715. The van der Waals surface area contributed by atoms with Gasteiger partial charge < -0.3 is 5.32 Å². The van der Waals surface area contributed by atoms with Crippen molar-refractivity contribution in [3.05, 3.63) is 5.32 Å². The summed E-state index contributed by atoms with van der Waals surface area (Å²) in [7, 11) is 0. The Morgan fingerprint density at radius 2 is 2.29 bits per heavy atom. The molecule has 1 aliphatic heterocycles. The average molecular weight is 322 g/mol. The number of hydrogen-bond donors (Lipinski definition) is 0. The second kappa shape index (κ2) is 3.95. The maximum Gasteiger partial charge on any atom is 0 e. The molecule has 40 valence electrons. The molecule has 1 atom stereocenters. The maximum atomic E-state index is 4.16. The molecule has 1 saturated heterocycles. The Hall–Kier alpha value is 1.01. The van der Waals surface area contributed by atoms with Gasteiger partial charge in [0.2, 0.25) is 0 Å². The second-order valence-corrected chi connectivity index (χ2v) is 2.02. The molecule has 0 radical (unpaired) electrons. The molecule has 1 unspecified atom stereocenters. The molecule has 0 aromatic carbocycles. The Bertz CT molecular complexity index is 41.3. The van der Waals surface area contributed by atoms with Crippen molar-refractivity contribution in [1.82, 2.24) is 0 Å². The zero-order chi connectivity index (χ0) is 4.41. The number of rotatable bonds is 0. The van der Waals surface area contributed by atoms with Gasteiger partial charge >= 0.3 is 0 Å². The first-order chi connectivity index (χ1) is 2.89. The Morgan fingerprint density at radius 1 is 1.57 bits per heavy atom. The summed E-state index contributed by atoms with van der Waals surface area (Å²) in [6, 6.07) is 0. The molecule has 0 aromatic heterocycles. The van der Waals surface area contributed by atoms with Gasteiger partial charge in [0.1, 0.15) is 0 Å². The molecule has 0 saturated carbocycles. The summed E-state index contributed by atoms with van der Waals surface area (Å²) in [6.45, 7) is 4.47. The minimum Gasteiger partial charge on any atom is -0.662 e. The third-order valence-corrected chi connectivity index (χ3v) is 1.22. The molecule has 1 nitrogen and oxygen atoms in total. The molecule has 0 aliphatic carbocycles. The molecule has 0 amide bonds. The van der Waals surface area contributed by atoms with E-state index in [9.17, 15) is 0 Å². The van der Waals surface area contributed by atoms with Crippen LogP contribution in [0.25, 0.3) is 5.32 Å². The predicted octanol–water partition coefficient (Wildman–Crippen LogP) is 1.40. The second-order valence-electron chi connectivity index (χ2n) is 2.02. The summed E-state index contributed by atoms with van der Waals surface area (Å²) in [5, 5.41) is 4.16. The Morgan fingerprint density at radius 3 is 2.43 bits per heavy atom. The van der Waals surface area contributed by atoms with Gasteiger partial charge in [-0.1, -0.05) is 19.3 Å². The summed E-state index contributed by atoms with van der Waals surface area (Å²) in [5.74, 6) is 0.880. The van der Waals surface area contributed by atoms with E-state index in [2.05, 4.69) is 12.2 Å². The van der Waals surface area contributed by atoms with Crippen LogP contribution in [0, 0.1) is 37.0 Å². The van der Waals surface area contributed by atoms with Crippen molar-refractivity contribution in [2.75, 3.05) is 13.1 Å². The molecule has 1 aliphatic rings.